The zero-order chi connectivity index (χ0) is 13.3. The third-order valence-electron chi connectivity index (χ3n) is 3.60. The van der Waals surface area contributed by atoms with E-state index >= 15 is 0 Å². The van der Waals surface area contributed by atoms with Gasteiger partial charge in [-0.15, -0.1) is 6.58 Å². The molecule has 1 aliphatic heterocycles. The van der Waals surface area contributed by atoms with E-state index in [2.05, 4.69) is 61.5 Å². The molecule has 0 radical (unpaired) electrons. The fraction of sp³-hybridized carbons (Fsp3) is 0.400. The fourth-order valence-corrected chi connectivity index (χ4v) is 6.36. The van der Waals surface area contributed by atoms with Gasteiger partial charge in [-0.2, -0.15) is 0 Å². The fourth-order valence-electron chi connectivity index (χ4n) is 2.76. The van der Waals surface area contributed by atoms with E-state index in [-0.39, 0.29) is 0 Å². The van der Waals surface area contributed by atoms with Gasteiger partial charge in [-0.05, 0) is 5.56 Å². The van der Waals surface area contributed by atoms with Crippen LogP contribution in [-0.2, 0) is 0 Å². The van der Waals surface area contributed by atoms with E-state index in [9.17, 15) is 0 Å². The van der Waals surface area contributed by atoms with E-state index in [1.165, 1.54) is 5.56 Å². The monoisotopic (exact) mass is 275 g/mol. The van der Waals surface area contributed by atoms with Crippen LogP contribution >= 0.6 is 12.2 Å². The van der Waals surface area contributed by atoms with Gasteiger partial charge in [-0.1, -0.05) is 68.3 Å². The summed E-state index contributed by atoms with van der Waals surface area (Å²) in [6.07, 6.45) is 1.95. The van der Waals surface area contributed by atoms with E-state index in [4.69, 9.17) is 12.2 Å². The average Bonchev–Trinajstić information content (AvgIpc) is 2.32. The summed E-state index contributed by atoms with van der Waals surface area (Å²) in [6, 6.07) is 11.2. The van der Waals surface area contributed by atoms with Gasteiger partial charge in [-0.3, -0.25) is 0 Å². The number of rotatable bonds is 4. The first-order valence-corrected chi connectivity index (χ1v) is 10.4. The Bertz CT molecular complexity index is 449. The largest absolute Gasteiger partial charge is 0.355 e. The summed E-state index contributed by atoms with van der Waals surface area (Å²) in [5.74, 6) is 0. The Hall–Kier alpha value is -0.933. The topological polar surface area (TPSA) is 3.24 Å². The lowest BCUT2D eigenvalue weighted by Crippen LogP contribution is -2.58. The summed E-state index contributed by atoms with van der Waals surface area (Å²) in [5.41, 5.74) is 1.97. The van der Waals surface area contributed by atoms with E-state index in [1.54, 1.807) is 0 Å². The number of likely N-dealkylation sites (tertiary alicyclic amines) is 1. The second-order valence-corrected chi connectivity index (χ2v) is 11.8. The Labute approximate surface area is 117 Å². The summed E-state index contributed by atoms with van der Waals surface area (Å²) in [5, 5.41) is 0. The molecule has 0 aromatic heterocycles. The predicted molar refractivity (Wildman–Crippen MR) is 85.8 cm³/mol. The quantitative estimate of drug-likeness (QED) is 0.459. The highest BCUT2D eigenvalue weighted by Crippen LogP contribution is 2.50. The Morgan fingerprint density at radius 2 is 1.89 bits per heavy atom. The molecular formula is C15H21NSSi. The summed E-state index contributed by atoms with van der Waals surface area (Å²) >= 11 is 5.63. The molecule has 1 saturated heterocycles. The molecule has 0 N–H and O–H groups in total. The molecule has 1 aromatic rings. The first-order valence-electron chi connectivity index (χ1n) is 6.43. The lowest BCUT2D eigenvalue weighted by Gasteiger charge is -2.54. The van der Waals surface area contributed by atoms with Gasteiger partial charge in [0, 0.05) is 12.1 Å². The second-order valence-electron chi connectivity index (χ2n) is 5.98. The molecule has 0 bridgehead atoms. The molecule has 2 unspecified atom stereocenters. The van der Waals surface area contributed by atoms with Crippen LogP contribution < -0.4 is 0 Å². The standard InChI is InChI=1S/C15H21NSSi/c1-5-11-16-13(12-9-7-6-8-10-12)14(15(16)17)18(2,3)4/h5-10,13-14H,1,11H2,2-4H3. The molecular weight excluding hydrogens is 254 g/mol. The molecule has 2 rings (SSSR count). The zero-order valence-corrected chi connectivity index (χ0v) is 13.2. The lowest BCUT2D eigenvalue weighted by atomic mass is 9.93. The highest BCUT2D eigenvalue weighted by atomic mass is 32.1. The Balaban J connectivity index is 2.33. The average molecular weight is 275 g/mol. The predicted octanol–water partition coefficient (Wildman–Crippen LogP) is 4.27. The number of nitrogens with zero attached hydrogens (tertiary/aromatic N) is 1. The second kappa shape index (κ2) is 4.98. The number of thiocarbonyl (C=S) groups is 1. The van der Waals surface area contributed by atoms with Crippen LogP contribution in [0.5, 0.6) is 0 Å². The molecule has 0 aliphatic carbocycles. The molecule has 0 saturated carbocycles. The smallest absolute Gasteiger partial charge is 0.0815 e. The maximum atomic E-state index is 5.63. The van der Waals surface area contributed by atoms with Gasteiger partial charge in [-0.25, -0.2) is 0 Å². The van der Waals surface area contributed by atoms with Crippen molar-refractivity contribution >= 4 is 25.3 Å². The van der Waals surface area contributed by atoms with Gasteiger partial charge in [0.25, 0.3) is 0 Å². The normalized spacial score (nSPS) is 23.7. The first-order chi connectivity index (χ1) is 8.46. The molecule has 1 fully saturated rings. The van der Waals surface area contributed by atoms with Crippen LogP contribution in [0.2, 0.25) is 25.2 Å². The van der Waals surface area contributed by atoms with Gasteiger partial charge in [0.05, 0.1) is 19.1 Å². The van der Waals surface area contributed by atoms with Crippen molar-refractivity contribution in [2.75, 3.05) is 6.54 Å². The van der Waals surface area contributed by atoms with Crippen LogP contribution in [0.3, 0.4) is 0 Å². The zero-order valence-electron chi connectivity index (χ0n) is 11.4. The Kier molecular flexibility index (Phi) is 3.73. The van der Waals surface area contributed by atoms with Crippen LogP contribution in [0.4, 0.5) is 0 Å². The van der Waals surface area contributed by atoms with Crippen molar-refractivity contribution in [1.82, 2.24) is 4.90 Å². The molecule has 96 valence electrons. The van der Waals surface area contributed by atoms with Crippen LogP contribution in [0, 0.1) is 0 Å². The first kappa shape index (κ1) is 13.5. The minimum absolute atomic E-state index is 0.461. The van der Waals surface area contributed by atoms with Gasteiger partial charge < -0.3 is 4.90 Å². The molecule has 0 spiro atoms. The van der Waals surface area contributed by atoms with E-state index in [1.807, 2.05) is 6.08 Å². The summed E-state index contributed by atoms with van der Waals surface area (Å²) < 4.78 is 0. The highest BCUT2D eigenvalue weighted by molar-refractivity contribution is 7.80. The summed E-state index contributed by atoms with van der Waals surface area (Å²) in [7, 11) is -1.27. The highest BCUT2D eigenvalue weighted by Gasteiger charge is 2.50. The maximum Gasteiger partial charge on any atom is 0.0815 e. The number of benzene rings is 1. The lowest BCUT2D eigenvalue weighted by molar-refractivity contribution is 0.279. The maximum absolute atomic E-state index is 5.63. The summed E-state index contributed by atoms with van der Waals surface area (Å²) in [6.45, 7) is 11.9. The molecule has 0 amide bonds. The molecule has 3 heteroatoms. The third-order valence-corrected chi connectivity index (χ3v) is 6.75. The van der Waals surface area contributed by atoms with Gasteiger partial charge in [0.1, 0.15) is 0 Å². The summed E-state index contributed by atoms with van der Waals surface area (Å²) in [4.78, 5) is 3.46. The van der Waals surface area contributed by atoms with Crippen molar-refractivity contribution in [3.05, 3.63) is 48.6 Å². The van der Waals surface area contributed by atoms with Crippen LogP contribution in [0.1, 0.15) is 11.6 Å². The van der Waals surface area contributed by atoms with Crippen LogP contribution in [0.25, 0.3) is 0 Å². The van der Waals surface area contributed by atoms with Crippen molar-refractivity contribution in [3.63, 3.8) is 0 Å². The van der Waals surface area contributed by atoms with Gasteiger partial charge >= 0.3 is 0 Å². The van der Waals surface area contributed by atoms with E-state index in [0.29, 0.717) is 11.6 Å². The van der Waals surface area contributed by atoms with Crippen molar-refractivity contribution in [2.24, 2.45) is 0 Å². The molecule has 1 nitrogen and oxygen atoms in total. The molecule has 1 aliphatic rings. The SMILES string of the molecule is C=CCN1C(=S)C([Si](C)(C)C)C1c1ccccc1. The van der Waals surface area contributed by atoms with Crippen molar-refractivity contribution in [2.45, 2.75) is 31.2 Å². The van der Waals surface area contributed by atoms with Crippen molar-refractivity contribution < 1.29 is 0 Å². The van der Waals surface area contributed by atoms with E-state index < -0.39 is 8.07 Å². The van der Waals surface area contributed by atoms with Crippen molar-refractivity contribution in [3.8, 4) is 0 Å². The Morgan fingerprint density at radius 3 is 2.39 bits per heavy atom. The Morgan fingerprint density at radius 1 is 1.28 bits per heavy atom. The molecule has 1 heterocycles. The molecule has 2 atom stereocenters. The van der Waals surface area contributed by atoms with Gasteiger partial charge in [0.2, 0.25) is 0 Å². The third kappa shape index (κ3) is 2.29. The van der Waals surface area contributed by atoms with E-state index in [0.717, 1.165) is 11.5 Å². The van der Waals surface area contributed by atoms with Crippen molar-refractivity contribution in [1.29, 1.82) is 0 Å². The number of hydrogen-bond donors (Lipinski definition) is 0. The van der Waals surface area contributed by atoms with Gasteiger partial charge in [0.15, 0.2) is 0 Å². The minimum atomic E-state index is -1.27. The molecule has 18 heavy (non-hydrogen) atoms. The number of hydrogen-bond acceptors (Lipinski definition) is 1. The minimum Gasteiger partial charge on any atom is -0.355 e. The van der Waals surface area contributed by atoms with Crippen LogP contribution in [0.15, 0.2) is 43.0 Å². The molecule has 1 aromatic carbocycles. The van der Waals surface area contributed by atoms with Crippen LogP contribution in [-0.4, -0.2) is 24.5 Å².